The van der Waals surface area contributed by atoms with E-state index in [4.69, 9.17) is 4.74 Å². The SMILES string of the molecule is CCOc1ccc(S(=O)(=O)NCCn2cc(-c3cccnc3)cn2)cc1F. The van der Waals surface area contributed by atoms with E-state index in [9.17, 15) is 12.8 Å². The van der Waals surface area contributed by atoms with E-state index in [1.165, 1.54) is 12.1 Å². The maximum Gasteiger partial charge on any atom is 0.240 e. The molecule has 0 fully saturated rings. The molecule has 27 heavy (non-hydrogen) atoms. The van der Waals surface area contributed by atoms with Crippen LogP contribution >= 0.6 is 0 Å². The number of ether oxygens (including phenoxy) is 1. The van der Waals surface area contributed by atoms with Gasteiger partial charge in [-0.2, -0.15) is 5.10 Å². The van der Waals surface area contributed by atoms with Gasteiger partial charge in [-0.3, -0.25) is 9.67 Å². The van der Waals surface area contributed by atoms with Gasteiger partial charge in [-0.15, -0.1) is 0 Å². The van der Waals surface area contributed by atoms with Crippen molar-refractivity contribution in [3.63, 3.8) is 0 Å². The van der Waals surface area contributed by atoms with Crippen LogP contribution in [0.3, 0.4) is 0 Å². The number of nitrogens with zero attached hydrogens (tertiary/aromatic N) is 3. The zero-order valence-corrected chi connectivity index (χ0v) is 15.5. The van der Waals surface area contributed by atoms with Crippen LogP contribution in [0, 0.1) is 5.82 Å². The second kappa shape index (κ2) is 8.28. The summed E-state index contributed by atoms with van der Waals surface area (Å²) < 4.78 is 47.7. The molecule has 0 aliphatic rings. The monoisotopic (exact) mass is 390 g/mol. The van der Waals surface area contributed by atoms with E-state index >= 15 is 0 Å². The Labute approximate surface area is 156 Å². The minimum atomic E-state index is -3.83. The quantitative estimate of drug-likeness (QED) is 0.639. The molecule has 3 aromatic rings. The van der Waals surface area contributed by atoms with E-state index < -0.39 is 15.8 Å². The fourth-order valence-corrected chi connectivity index (χ4v) is 3.50. The average Bonchev–Trinajstić information content (AvgIpc) is 3.13. The number of aromatic nitrogens is 3. The smallest absolute Gasteiger partial charge is 0.240 e. The summed E-state index contributed by atoms with van der Waals surface area (Å²) in [5, 5.41) is 4.21. The number of rotatable bonds is 8. The summed E-state index contributed by atoms with van der Waals surface area (Å²) in [4.78, 5) is 3.90. The van der Waals surface area contributed by atoms with Gasteiger partial charge in [-0.25, -0.2) is 17.5 Å². The van der Waals surface area contributed by atoms with Crippen LogP contribution in [-0.4, -0.2) is 36.3 Å². The lowest BCUT2D eigenvalue weighted by atomic mass is 10.2. The van der Waals surface area contributed by atoms with Gasteiger partial charge in [-0.1, -0.05) is 6.07 Å². The third-order valence-corrected chi connectivity index (χ3v) is 5.23. The summed E-state index contributed by atoms with van der Waals surface area (Å²) in [5.74, 6) is -0.691. The summed E-state index contributed by atoms with van der Waals surface area (Å²) in [6, 6.07) is 7.31. The van der Waals surface area contributed by atoms with Gasteiger partial charge in [0.2, 0.25) is 10.0 Å². The van der Waals surface area contributed by atoms with Crippen LogP contribution in [0.15, 0.2) is 60.0 Å². The third-order valence-electron chi connectivity index (χ3n) is 3.77. The molecule has 0 amide bonds. The molecule has 1 aromatic carbocycles. The van der Waals surface area contributed by atoms with E-state index in [2.05, 4.69) is 14.8 Å². The zero-order chi connectivity index (χ0) is 19.3. The maximum atomic E-state index is 13.9. The average molecular weight is 390 g/mol. The number of hydrogen-bond donors (Lipinski definition) is 1. The highest BCUT2D eigenvalue weighted by atomic mass is 32.2. The molecule has 1 N–H and O–H groups in total. The van der Waals surface area contributed by atoms with Crippen LogP contribution in [0.25, 0.3) is 11.1 Å². The first-order chi connectivity index (χ1) is 13.0. The second-order valence-electron chi connectivity index (χ2n) is 5.66. The summed E-state index contributed by atoms with van der Waals surface area (Å²) in [7, 11) is -3.83. The van der Waals surface area contributed by atoms with E-state index in [0.717, 1.165) is 17.2 Å². The van der Waals surface area contributed by atoms with Gasteiger partial charge in [0.1, 0.15) is 0 Å². The molecule has 0 saturated heterocycles. The van der Waals surface area contributed by atoms with E-state index in [-0.39, 0.29) is 17.2 Å². The summed E-state index contributed by atoms with van der Waals surface area (Å²) >= 11 is 0. The Morgan fingerprint density at radius 1 is 1.22 bits per heavy atom. The molecule has 3 rings (SSSR count). The number of halogens is 1. The van der Waals surface area contributed by atoms with Crippen LogP contribution in [0.2, 0.25) is 0 Å². The van der Waals surface area contributed by atoms with Crippen molar-refractivity contribution in [3.8, 4) is 16.9 Å². The van der Waals surface area contributed by atoms with Crippen molar-refractivity contribution in [1.82, 2.24) is 19.5 Å². The number of hydrogen-bond acceptors (Lipinski definition) is 5. The molecule has 0 radical (unpaired) electrons. The predicted octanol–water partition coefficient (Wildman–Crippen LogP) is 2.46. The van der Waals surface area contributed by atoms with Gasteiger partial charge in [0.25, 0.3) is 0 Å². The molecule has 2 heterocycles. The van der Waals surface area contributed by atoms with Gasteiger partial charge in [0.05, 0.1) is 24.2 Å². The lowest BCUT2D eigenvalue weighted by Crippen LogP contribution is -2.27. The maximum absolute atomic E-state index is 13.9. The third kappa shape index (κ3) is 4.69. The molecule has 142 valence electrons. The van der Waals surface area contributed by atoms with Gasteiger partial charge < -0.3 is 4.74 Å². The second-order valence-corrected chi connectivity index (χ2v) is 7.42. The fraction of sp³-hybridized carbons (Fsp3) is 0.222. The van der Waals surface area contributed by atoms with Crippen molar-refractivity contribution in [1.29, 1.82) is 0 Å². The summed E-state index contributed by atoms with van der Waals surface area (Å²) in [6.45, 7) is 2.47. The molecule has 7 nitrogen and oxygen atoms in total. The highest BCUT2D eigenvalue weighted by Gasteiger charge is 2.16. The van der Waals surface area contributed by atoms with Crippen molar-refractivity contribution in [2.75, 3.05) is 13.2 Å². The lowest BCUT2D eigenvalue weighted by Gasteiger charge is -2.09. The molecule has 0 bridgehead atoms. The summed E-state index contributed by atoms with van der Waals surface area (Å²) in [6.07, 6.45) is 6.91. The normalized spacial score (nSPS) is 11.5. The van der Waals surface area contributed by atoms with Crippen molar-refractivity contribution < 1.29 is 17.5 Å². The van der Waals surface area contributed by atoms with E-state index in [1.807, 2.05) is 18.3 Å². The Hall–Kier alpha value is -2.78. The first kappa shape index (κ1) is 19.0. The molecule has 0 aliphatic carbocycles. The number of pyridine rings is 1. The Balaban J connectivity index is 1.61. The molecule has 0 aliphatic heterocycles. The van der Waals surface area contributed by atoms with Crippen molar-refractivity contribution in [2.45, 2.75) is 18.4 Å². The molecular formula is C18H19FN4O3S. The van der Waals surface area contributed by atoms with Crippen molar-refractivity contribution in [2.24, 2.45) is 0 Å². The topological polar surface area (TPSA) is 86.1 Å². The Morgan fingerprint density at radius 2 is 2.07 bits per heavy atom. The molecule has 0 unspecified atom stereocenters. The molecule has 2 aromatic heterocycles. The molecule has 0 saturated carbocycles. The first-order valence-corrected chi connectivity index (χ1v) is 9.83. The van der Waals surface area contributed by atoms with Crippen LogP contribution in [0.1, 0.15) is 6.92 Å². The molecule has 0 spiro atoms. The van der Waals surface area contributed by atoms with Gasteiger partial charge in [0.15, 0.2) is 11.6 Å². The number of sulfonamides is 1. The van der Waals surface area contributed by atoms with Crippen LogP contribution in [0.5, 0.6) is 5.75 Å². The van der Waals surface area contributed by atoms with Gasteiger partial charge >= 0.3 is 0 Å². The molecule has 9 heteroatoms. The van der Waals surface area contributed by atoms with Crippen LogP contribution < -0.4 is 9.46 Å². The van der Waals surface area contributed by atoms with Crippen molar-refractivity contribution >= 4 is 10.0 Å². The number of nitrogens with one attached hydrogen (secondary N) is 1. The summed E-state index contributed by atoms with van der Waals surface area (Å²) in [5.41, 5.74) is 1.81. The highest BCUT2D eigenvalue weighted by Crippen LogP contribution is 2.21. The fourth-order valence-electron chi connectivity index (χ4n) is 2.47. The van der Waals surface area contributed by atoms with E-state index in [1.54, 1.807) is 30.2 Å². The highest BCUT2D eigenvalue weighted by molar-refractivity contribution is 7.89. The first-order valence-electron chi connectivity index (χ1n) is 8.34. The van der Waals surface area contributed by atoms with Gasteiger partial charge in [0, 0.05) is 36.3 Å². The lowest BCUT2D eigenvalue weighted by molar-refractivity contribution is 0.321. The molecular weight excluding hydrogens is 371 g/mol. The minimum Gasteiger partial charge on any atom is -0.491 e. The standard InChI is InChI=1S/C18H19FN4O3S/c1-2-26-18-6-5-16(10-17(18)19)27(24,25)22-8-9-23-13-15(12-21-23)14-4-3-7-20-11-14/h3-7,10-13,22H,2,8-9H2,1H3. The van der Waals surface area contributed by atoms with Crippen LogP contribution in [0.4, 0.5) is 4.39 Å². The Kier molecular flexibility index (Phi) is 5.82. The Bertz CT molecular complexity index is 1010. The zero-order valence-electron chi connectivity index (χ0n) is 14.7. The van der Waals surface area contributed by atoms with Gasteiger partial charge in [-0.05, 0) is 31.2 Å². The predicted molar refractivity (Wildman–Crippen MR) is 98.2 cm³/mol. The van der Waals surface area contributed by atoms with Crippen molar-refractivity contribution in [3.05, 3.63) is 60.9 Å². The van der Waals surface area contributed by atoms with E-state index in [0.29, 0.717) is 13.2 Å². The van der Waals surface area contributed by atoms with Crippen LogP contribution in [-0.2, 0) is 16.6 Å². The number of benzene rings is 1. The minimum absolute atomic E-state index is 0.0240. The Morgan fingerprint density at radius 3 is 2.78 bits per heavy atom. The molecule has 0 atom stereocenters. The largest absolute Gasteiger partial charge is 0.491 e.